The van der Waals surface area contributed by atoms with Crippen LogP contribution < -0.4 is 9.47 Å². The molecule has 1 rings (SSSR count). The molecule has 0 saturated carbocycles. The second-order valence-electron chi connectivity index (χ2n) is 4.46. The molecule has 1 aromatic carbocycles. The van der Waals surface area contributed by atoms with Crippen molar-refractivity contribution < 1.29 is 43.9 Å². The minimum Gasteiger partial charge on any atom is -0.502 e. The number of methoxy groups -OCH3 is 2. The number of carboxylic acid groups (broad SMARTS) is 1. The number of aliphatic hydroxyl groups excluding tert-OH is 1. The average molecular weight is 340 g/mol. The Morgan fingerprint density at radius 3 is 2.17 bits per heavy atom. The van der Waals surface area contributed by atoms with E-state index < -0.39 is 30.4 Å². The minimum atomic E-state index is -1.94. The van der Waals surface area contributed by atoms with E-state index >= 15 is 0 Å². The van der Waals surface area contributed by atoms with Crippen molar-refractivity contribution in [3.05, 3.63) is 23.8 Å². The van der Waals surface area contributed by atoms with Crippen LogP contribution >= 0.6 is 0 Å². The van der Waals surface area contributed by atoms with Crippen LogP contribution in [0.5, 0.6) is 17.2 Å². The standard InChI is InChI=1S/C15H16O9/c1-22-10-5-8(6-11(23-2)14(10)20)3-4-13(19)24-15(21)9(16)7-12(17)18/h3-6,9,16,20H,7H2,1-2H3,(H,17,18)/b4-3+/t9-/m0/s1. The first-order valence-electron chi connectivity index (χ1n) is 6.57. The molecule has 1 atom stereocenters. The maximum atomic E-state index is 11.5. The zero-order valence-electron chi connectivity index (χ0n) is 12.9. The highest BCUT2D eigenvalue weighted by molar-refractivity contribution is 5.96. The fraction of sp³-hybridized carbons (Fsp3) is 0.267. The molecule has 0 amide bonds. The lowest BCUT2D eigenvalue weighted by Gasteiger charge is -2.09. The van der Waals surface area contributed by atoms with Gasteiger partial charge in [-0.2, -0.15) is 0 Å². The number of aromatic hydroxyl groups is 1. The summed E-state index contributed by atoms with van der Waals surface area (Å²) in [6.45, 7) is 0. The topological polar surface area (TPSA) is 140 Å². The zero-order chi connectivity index (χ0) is 18.3. The van der Waals surface area contributed by atoms with E-state index in [1.807, 2.05) is 0 Å². The van der Waals surface area contributed by atoms with Crippen molar-refractivity contribution in [1.29, 1.82) is 0 Å². The smallest absolute Gasteiger partial charge is 0.343 e. The van der Waals surface area contributed by atoms with Gasteiger partial charge in [0.15, 0.2) is 17.6 Å². The molecule has 0 aliphatic rings. The third-order valence-electron chi connectivity index (χ3n) is 2.76. The van der Waals surface area contributed by atoms with Crippen molar-refractivity contribution >= 4 is 24.0 Å². The number of aliphatic hydroxyl groups is 1. The number of hydrogen-bond donors (Lipinski definition) is 3. The molecule has 0 bridgehead atoms. The molecule has 0 radical (unpaired) electrons. The molecule has 24 heavy (non-hydrogen) atoms. The first-order valence-corrected chi connectivity index (χ1v) is 6.57. The molecule has 0 aliphatic carbocycles. The Labute approximate surface area is 136 Å². The minimum absolute atomic E-state index is 0.107. The monoisotopic (exact) mass is 340 g/mol. The van der Waals surface area contributed by atoms with Crippen LogP contribution in [0.3, 0.4) is 0 Å². The molecular weight excluding hydrogens is 324 g/mol. The molecule has 0 aliphatic heterocycles. The Morgan fingerprint density at radius 1 is 1.17 bits per heavy atom. The summed E-state index contributed by atoms with van der Waals surface area (Å²) in [5.41, 5.74) is 0.400. The summed E-state index contributed by atoms with van der Waals surface area (Å²) >= 11 is 0. The number of carboxylic acids is 1. The predicted octanol–water partition coefficient (Wildman–Crippen LogP) is 0.328. The van der Waals surface area contributed by atoms with Crippen LogP contribution in [0.25, 0.3) is 6.08 Å². The molecule has 0 unspecified atom stereocenters. The van der Waals surface area contributed by atoms with E-state index in [-0.39, 0.29) is 17.2 Å². The van der Waals surface area contributed by atoms with Crippen LogP contribution in [0.1, 0.15) is 12.0 Å². The van der Waals surface area contributed by atoms with Crippen LogP contribution in [0.2, 0.25) is 0 Å². The number of phenols is 1. The van der Waals surface area contributed by atoms with Gasteiger partial charge < -0.3 is 29.5 Å². The number of ether oxygens (including phenoxy) is 3. The second kappa shape index (κ2) is 8.53. The fourth-order valence-corrected chi connectivity index (χ4v) is 1.62. The maximum Gasteiger partial charge on any atom is 0.343 e. The summed E-state index contributed by atoms with van der Waals surface area (Å²) in [5, 5.41) is 27.4. The van der Waals surface area contributed by atoms with Gasteiger partial charge in [-0.1, -0.05) is 0 Å². The fourth-order valence-electron chi connectivity index (χ4n) is 1.62. The predicted molar refractivity (Wildman–Crippen MR) is 79.6 cm³/mol. The Bertz CT molecular complexity index is 638. The molecule has 0 aromatic heterocycles. The summed E-state index contributed by atoms with van der Waals surface area (Å²) in [6.07, 6.45) is -0.670. The Balaban J connectivity index is 2.80. The third kappa shape index (κ3) is 5.29. The summed E-state index contributed by atoms with van der Waals surface area (Å²) in [6, 6.07) is 2.81. The number of phenolic OH excluding ortho intramolecular Hbond substituents is 1. The van der Waals surface area contributed by atoms with Crippen LogP contribution in [0.4, 0.5) is 0 Å². The molecule has 3 N–H and O–H groups in total. The molecule has 9 heteroatoms. The van der Waals surface area contributed by atoms with Gasteiger partial charge in [0, 0.05) is 6.08 Å². The van der Waals surface area contributed by atoms with E-state index in [0.29, 0.717) is 5.56 Å². The van der Waals surface area contributed by atoms with Gasteiger partial charge in [0.05, 0.1) is 20.6 Å². The quantitative estimate of drug-likeness (QED) is 0.364. The van der Waals surface area contributed by atoms with Gasteiger partial charge >= 0.3 is 17.9 Å². The highest BCUT2D eigenvalue weighted by atomic mass is 16.6. The van der Waals surface area contributed by atoms with Crippen molar-refractivity contribution in [2.45, 2.75) is 12.5 Å². The van der Waals surface area contributed by atoms with E-state index in [4.69, 9.17) is 14.6 Å². The summed E-state index contributed by atoms with van der Waals surface area (Å²) < 4.78 is 14.2. The Kier molecular flexibility index (Phi) is 6.75. The van der Waals surface area contributed by atoms with E-state index in [2.05, 4.69) is 4.74 Å². The average Bonchev–Trinajstić information content (AvgIpc) is 2.53. The number of benzene rings is 1. The number of carbonyl (C=O) groups is 3. The van der Waals surface area contributed by atoms with E-state index in [0.717, 1.165) is 6.08 Å². The first kappa shape index (κ1) is 19.0. The van der Waals surface area contributed by atoms with Gasteiger partial charge in [0.25, 0.3) is 0 Å². The van der Waals surface area contributed by atoms with Gasteiger partial charge in [-0.05, 0) is 23.8 Å². The summed E-state index contributed by atoms with van der Waals surface area (Å²) in [4.78, 5) is 33.1. The molecule has 1 aromatic rings. The lowest BCUT2D eigenvalue weighted by atomic mass is 10.1. The highest BCUT2D eigenvalue weighted by Gasteiger charge is 2.22. The van der Waals surface area contributed by atoms with Gasteiger partial charge in [-0.15, -0.1) is 0 Å². The highest BCUT2D eigenvalue weighted by Crippen LogP contribution is 2.37. The lowest BCUT2D eigenvalue weighted by Crippen LogP contribution is -2.27. The number of rotatable bonds is 7. The van der Waals surface area contributed by atoms with Crippen molar-refractivity contribution in [2.75, 3.05) is 14.2 Å². The molecule has 130 valence electrons. The van der Waals surface area contributed by atoms with Crippen molar-refractivity contribution in [2.24, 2.45) is 0 Å². The SMILES string of the molecule is COc1cc(/C=C/C(=O)OC(=O)[C@@H](O)CC(=O)O)cc(OC)c1O. The third-order valence-corrected chi connectivity index (χ3v) is 2.76. The Morgan fingerprint density at radius 2 is 1.71 bits per heavy atom. The second-order valence-corrected chi connectivity index (χ2v) is 4.46. The lowest BCUT2D eigenvalue weighted by molar-refractivity contribution is -0.165. The zero-order valence-corrected chi connectivity index (χ0v) is 12.9. The van der Waals surface area contributed by atoms with Crippen molar-refractivity contribution in [3.8, 4) is 17.2 Å². The number of esters is 2. The number of aliphatic carboxylic acids is 1. The van der Waals surface area contributed by atoms with Crippen LogP contribution in [0.15, 0.2) is 18.2 Å². The molecule has 0 spiro atoms. The molecule has 0 heterocycles. The van der Waals surface area contributed by atoms with E-state index in [1.165, 1.54) is 32.4 Å². The van der Waals surface area contributed by atoms with Gasteiger partial charge in [0.1, 0.15) is 0 Å². The Hall–Kier alpha value is -3.07. The molecule has 0 fully saturated rings. The largest absolute Gasteiger partial charge is 0.502 e. The normalized spacial score (nSPS) is 11.8. The van der Waals surface area contributed by atoms with Gasteiger partial charge in [-0.25, -0.2) is 9.59 Å². The molecule has 0 saturated heterocycles. The molecular formula is C15H16O9. The van der Waals surface area contributed by atoms with Crippen molar-refractivity contribution in [1.82, 2.24) is 0 Å². The van der Waals surface area contributed by atoms with Crippen molar-refractivity contribution in [3.63, 3.8) is 0 Å². The summed E-state index contributed by atoms with van der Waals surface area (Å²) in [7, 11) is 2.66. The van der Waals surface area contributed by atoms with Crippen LogP contribution in [0, 0.1) is 0 Å². The van der Waals surface area contributed by atoms with Gasteiger partial charge in [0.2, 0.25) is 5.75 Å². The maximum absolute atomic E-state index is 11.5. The van der Waals surface area contributed by atoms with Crippen LogP contribution in [-0.4, -0.2) is 53.6 Å². The van der Waals surface area contributed by atoms with Crippen LogP contribution in [-0.2, 0) is 19.1 Å². The van der Waals surface area contributed by atoms with E-state index in [9.17, 15) is 24.6 Å². The van der Waals surface area contributed by atoms with Gasteiger partial charge in [-0.3, -0.25) is 4.79 Å². The number of carbonyl (C=O) groups excluding carboxylic acids is 2. The first-order chi connectivity index (χ1) is 11.3. The summed E-state index contributed by atoms with van der Waals surface area (Å²) in [5.74, 6) is -3.88. The number of hydrogen-bond acceptors (Lipinski definition) is 8. The molecule has 9 nitrogen and oxygen atoms in total. The van der Waals surface area contributed by atoms with E-state index in [1.54, 1.807) is 0 Å².